The molecule has 1 saturated heterocycles. The molecule has 1 heterocycles. The van der Waals surface area contributed by atoms with Crippen molar-refractivity contribution in [2.24, 2.45) is 5.92 Å². The highest BCUT2D eigenvalue weighted by atomic mass is 16.5. The lowest BCUT2D eigenvalue weighted by Crippen LogP contribution is -2.55. The molecule has 1 aromatic rings. The quantitative estimate of drug-likeness (QED) is 0.593. The number of hydrogen-bond acceptors (Lipinski definition) is 5. The first-order chi connectivity index (χ1) is 11.3. The van der Waals surface area contributed by atoms with Crippen LogP contribution in [-0.2, 0) is 11.2 Å². The summed E-state index contributed by atoms with van der Waals surface area (Å²) in [6.45, 7) is 3.15. The predicted molar refractivity (Wildman–Crippen MR) is 89.8 cm³/mol. The highest BCUT2D eigenvalue weighted by molar-refractivity contribution is 6.08. The average molecular weight is 335 g/mol. The largest absolute Gasteiger partial charge is 0.507 e. The molecule has 1 atom stereocenters. The van der Waals surface area contributed by atoms with Gasteiger partial charge in [-0.05, 0) is 18.1 Å². The molecule has 0 aromatic heterocycles. The van der Waals surface area contributed by atoms with Crippen LogP contribution < -0.4 is 4.74 Å². The molecule has 2 rings (SSSR count). The van der Waals surface area contributed by atoms with Crippen LogP contribution in [0.3, 0.4) is 0 Å². The van der Waals surface area contributed by atoms with Crippen molar-refractivity contribution in [2.75, 3.05) is 19.6 Å². The number of aliphatic carboxylic acids is 1. The molecule has 0 saturated carbocycles. The zero-order chi connectivity index (χ0) is 17.9. The lowest BCUT2D eigenvalue weighted by atomic mass is 9.95. The maximum atomic E-state index is 11.5. The Hall–Kier alpha value is -2.22. The van der Waals surface area contributed by atoms with Crippen molar-refractivity contribution < 1.29 is 29.6 Å². The second kappa shape index (κ2) is 7.57. The monoisotopic (exact) mass is 335 g/mol. The first kappa shape index (κ1) is 18.1. The van der Waals surface area contributed by atoms with Crippen LogP contribution in [0.5, 0.6) is 11.5 Å². The standard InChI is InChI=1S/C16H22BNO6/c1-9(15(20)21)6-18-7-11(8-18)24-12-3-2-10(4-5-17)14(19)13(12)16(22)23/h2-3,9,11,19H,4-8,17H2,1H3,(H,20,21)(H,22,23). The number of carboxylic acids is 2. The minimum Gasteiger partial charge on any atom is -0.507 e. The summed E-state index contributed by atoms with van der Waals surface area (Å²) >= 11 is 0. The molecule has 0 spiro atoms. The molecule has 0 radical (unpaired) electrons. The number of carbonyl (C=O) groups is 2. The Balaban J connectivity index is 2.02. The predicted octanol–water partition coefficient (Wildman–Crippen LogP) is 0.468. The Bertz CT molecular complexity index is 629. The summed E-state index contributed by atoms with van der Waals surface area (Å²) in [7, 11) is 1.95. The SMILES string of the molecule is BCCc1ccc(OC2CN(CC(C)C(=O)O)C2)c(C(=O)O)c1O. The number of likely N-dealkylation sites (tertiary alicyclic amines) is 1. The van der Waals surface area contributed by atoms with Crippen LogP contribution in [0.25, 0.3) is 0 Å². The normalized spacial score (nSPS) is 16.4. The van der Waals surface area contributed by atoms with E-state index >= 15 is 0 Å². The number of aromatic carboxylic acids is 1. The van der Waals surface area contributed by atoms with Crippen LogP contribution in [0.4, 0.5) is 0 Å². The Morgan fingerprint density at radius 2 is 2.04 bits per heavy atom. The number of carboxylic acid groups (broad SMARTS) is 2. The average Bonchev–Trinajstić information content (AvgIpc) is 2.47. The van der Waals surface area contributed by atoms with Crippen molar-refractivity contribution in [3.8, 4) is 11.5 Å². The van der Waals surface area contributed by atoms with Gasteiger partial charge >= 0.3 is 11.9 Å². The summed E-state index contributed by atoms with van der Waals surface area (Å²) in [5.41, 5.74) is 0.381. The Kier molecular flexibility index (Phi) is 5.72. The second-order valence-electron chi connectivity index (χ2n) is 6.20. The number of ether oxygens (including phenoxy) is 1. The number of aryl methyl sites for hydroxylation is 1. The van der Waals surface area contributed by atoms with Crippen molar-refractivity contribution in [1.29, 1.82) is 0 Å². The van der Waals surface area contributed by atoms with Crippen LogP contribution in [0, 0.1) is 5.92 Å². The van der Waals surface area contributed by atoms with E-state index in [4.69, 9.17) is 9.84 Å². The van der Waals surface area contributed by atoms with Crippen LogP contribution >= 0.6 is 0 Å². The highest BCUT2D eigenvalue weighted by Crippen LogP contribution is 2.33. The fraction of sp³-hybridized carbons (Fsp3) is 0.500. The van der Waals surface area contributed by atoms with Gasteiger partial charge in [0.2, 0.25) is 0 Å². The van der Waals surface area contributed by atoms with Gasteiger partial charge in [-0.1, -0.05) is 19.3 Å². The number of benzene rings is 1. The van der Waals surface area contributed by atoms with Gasteiger partial charge in [0.05, 0.1) is 5.92 Å². The van der Waals surface area contributed by atoms with E-state index in [0.29, 0.717) is 31.6 Å². The molecule has 1 aromatic carbocycles. The Morgan fingerprint density at radius 1 is 1.38 bits per heavy atom. The molecular formula is C16H22BNO6. The molecule has 24 heavy (non-hydrogen) atoms. The molecule has 1 unspecified atom stereocenters. The van der Waals surface area contributed by atoms with Gasteiger partial charge in [-0.15, -0.1) is 0 Å². The summed E-state index contributed by atoms with van der Waals surface area (Å²) in [6.07, 6.45) is 1.18. The molecule has 8 heteroatoms. The lowest BCUT2D eigenvalue weighted by Gasteiger charge is -2.40. The van der Waals surface area contributed by atoms with Gasteiger partial charge in [-0.2, -0.15) is 0 Å². The van der Waals surface area contributed by atoms with Gasteiger partial charge < -0.3 is 20.1 Å². The molecule has 7 nitrogen and oxygen atoms in total. The molecule has 0 aliphatic carbocycles. The van der Waals surface area contributed by atoms with Gasteiger partial charge in [0, 0.05) is 19.6 Å². The van der Waals surface area contributed by atoms with E-state index in [-0.39, 0.29) is 23.2 Å². The summed E-state index contributed by atoms with van der Waals surface area (Å²) in [5.74, 6) is -2.62. The summed E-state index contributed by atoms with van der Waals surface area (Å²) in [5, 5.41) is 28.4. The summed E-state index contributed by atoms with van der Waals surface area (Å²) < 4.78 is 5.70. The van der Waals surface area contributed by atoms with Gasteiger partial charge in [0.1, 0.15) is 31.0 Å². The van der Waals surface area contributed by atoms with Gasteiger partial charge in [-0.3, -0.25) is 9.69 Å². The van der Waals surface area contributed by atoms with E-state index in [2.05, 4.69) is 0 Å². The fourth-order valence-electron chi connectivity index (χ4n) is 2.78. The molecule has 1 fully saturated rings. The summed E-state index contributed by atoms with van der Waals surface area (Å²) in [6, 6.07) is 3.26. The first-order valence-corrected chi connectivity index (χ1v) is 8.03. The maximum absolute atomic E-state index is 11.5. The molecule has 0 bridgehead atoms. The second-order valence-corrected chi connectivity index (χ2v) is 6.20. The third kappa shape index (κ3) is 4.00. The van der Waals surface area contributed by atoms with Crippen molar-refractivity contribution in [2.45, 2.75) is 25.8 Å². The Morgan fingerprint density at radius 3 is 2.58 bits per heavy atom. The van der Waals surface area contributed by atoms with Crippen molar-refractivity contribution in [1.82, 2.24) is 4.90 Å². The maximum Gasteiger partial charge on any atom is 0.343 e. The van der Waals surface area contributed by atoms with Crippen LogP contribution in [0.1, 0.15) is 22.8 Å². The lowest BCUT2D eigenvalue weighted by molar-refractivity contribution is -0.142. The van der Waals surface area contributed by atoms with E-state index in [1.165, 1.54) is 0 Å². The smallest absolute Gasteiger partial charge is 0.343 e. The molecule has 0 amide bonds. The van der Waals surface area contributed by atoms with E-state index in [1.54, 1.807) is 19.1 Å². The van der Waals surface area contributed by atoms with Crippen LogP contribution in [-0.4, -0.2) is 65.7 Å². The third-order valence-corrected chi connectivity index (χ3v) is 4.13. The van der Waals surface area contributed by atoms with Crippen molar-refractivity contribution in [3.05, 3.63) is 23.3 Å². The van der Waals surface area contributed by atoms with Crippen LogP contribution in [0.15, 0.2) is 12.1 Å². The molecule has 1 aliphatic rings. The number of aromatic hydroxyl groups is 1. The van der Waals surface area contributed by atoms with Gasteiger partial charge in [-0.25, -0.2) is 4.79 Å². The minimum atomic E-state index is -1.23. The van der Waals surface area contributed by atoms with Gasteiger partial charge in [0.25, 0.3) is 0 Å². The molecule has 1 aliphatic heterocycles. The number of nitrogens with zero attached hydrogens (tertiary/aromatic N) is 1. The number of hydrogen-bond donors (Lipinski definition) is 3. The molecule has 130 valence electrons. The number of phenols is 1. The third-order valence-electron chi connectivity index (χ3n) is 4.13. The fourth-order valence-corrected chi connectivity index (χ4v) is 2.78. The zero-order valence-corrected chi connectivity index (χ0v) is 13.9. The van der Waals surface area contributed by atoms with E-state index in [9.17, 15) is 19.8 Å². The van der Waals surface area contributed by atoms with E-state index in [0.717, 1.165) is 6.32 Å². The minimum absolute atomic E-state index is 0.149. The van der Waals surface area contributed by atoms with Crippen molar-refractivity contribution in [3.63, 3.8) is 0 Å². The first-order valence-electron chi connectivity index (χ1n) is 8.03. The molecular weight excluding hydrogens is 313 g/mol. The highest BCUT2D eigenvalue weighted by Gasteiger charge is 2.32. The van der Waals surface area contributed by atoms with Crippen molar-refractivity contribution >= 4 is 19.8 Å². The molecule has 3 N–H and O–H groups in total. The Labute approximate surface area is 141 Å². The van der Waals surface area contributed by atoms with E-state index < -0.39 is 17.9 Å². The zero-order valence-electron chi connectivity index (χ0n) is 13.9. The number of rotatable bonds is 8. The van der Waals surface area contributed by atoms with Crippen LogP contribution in [0.2, 0.25) is 6.32 Å². The van der Waals surface area contributed by atoms with E-state index in [1.807, 2.05) is 12.7 Å². The van der Waals surface area contributed by atoms with Gasteiger partial charge in [0.15, 0.2) is 0 Å². The summed E-state index contributed by atoms with van der Waals surface area (Å²) in [4.78, 5) is 24.2. The topological polar surface area (TPSA) is 107 Å².